The number of benzene rings is 1. The van der Waals surface area contributed by atoms with Crippen LogP contribution in [0.1, 0.15) is 24.8 Å². The van der Waals surface area contributed by atoms with Gasteiger partial charge in [0, 0.05) is 12.1 Å². The molecule has 1 aromatic carbocycles. The van der Waals surface area contributed by atoms with Crippen LogP contribution in [-0.2, 0) is 16.0 Å². The van der Waals surface area contributed by atoms with Crippen LogP contribution in [0.15, 0.2) is 24.3 Å². The second-order valence-electron chi connectivity index (χ2n) is 5.23. The predicted molar refractivity (Wildman–Crippen MR) is 76.6 cm³/mol. The van der Waals surface area contributed by atoms with Crippen molar-refractivity contribution in [1.29, 1.82) is 0 Å². The Kier molecular flexibility index (Phi) is 5.12. The zero-order valence-corrected chi connectivity index (χ0v) is 11.4. The maximum absolute atomic E-state index is 11.9. The Hall–Kier alpha value is -1.88. The van der Waals surface area contributed by atoms with Crippen molar-refractivity contribution in [3.8, 4) is 0 Å². The lowest BCUT2D eigenvalue weighted by atomic mass is 9.96. The molecule has 20 heavy (non-hydrogen) atoms. The highest BCUT2D eigenvalue weighted by Crippen LogP contribution is 2.16. The summed E-state index contributed by atoms with van der Waals surface area (Å²) in [4.78, 5) is 22.5. The molecule has 0 spiro atoms. The minimum Gasteiger partial charge on any atom is -0.481 e. The lowest BCUT2D eigenvalue weighted by molar-refractivity contribution is -0.136. The topological polar surface area (TPSA) is 78.4 Å². The Morgan fingerprint density at radius 1 is 1.30 bits per heavy atom. The highest BCUT2D eigenvalue weighted by atomic mass is 16.4. The number of carbonyl (C=O) groups excluding carboxylic acids is 1. The molecule has 0 aromatic heterocycles. The molecule has 1 atom stereocenters. The molecule has 5 heteroatoms. The first-order valence-corrected chi connectivity index (χ1v) is 6.95. The highest BCUT2D eigenvalue weighted by Gasteiger charge is 2.16. The van der Waals surface area contributed by atoms with E-state index in [2.05, 4.69) is 10.6 Å². The number of amides is 1. The van der Waals surface area contributed by atoms with E-state index in [-0.39, 0.29) is 12.3 Å². The van der Waals surface area contributed by atoms with Gasteiger partial charge in [-0.3, -0.25) is 9.59 Å². The molecular formula is C15H20N2O3. The highest BCUT2D eigenvalue weighted by molar-refractivity contribution is 5.90. The summed E-state index contributed by atoms with van der Waals surface area (Å²) in [6.45, 7) is 1.95. The van der Waals surface area contributed by atoms with E-state index >= 15 is 0 Å². The van der Waals surface area contributed by atoms with E-state index in [1.54, 1.807) is 24.3 Å². The molecule has 1 aliphatic rings. The summed E-state index contributed by atoms with van der Waals surface area (Å²) >= 11 is 0. The molecule has 5 nitrogen and oxygen atoms in total. The third kappa shape index (κ3) is 4.66. The van der Waals surface area contributed by atoms with Gasteiger partial charge in [-0.1, -0.05) is 12.1 Å². The molecule has 1 aromatic rings. The van der Waals surface area contributed by atoms with E-state index in [1.165, 1.54) is 0 Å². The number of carbonyl (C=O) groups is 2. The minimum atomic E-state index is -0.855. The molecule has 0 bridgehead atoms. The predicted octanol–water partition coefficient (Wildman–Crippen LogP) is 1.64. The van der Waals surface area contributed by atoms with Gasteiger partial charge in [-0.15, -0.1) is 0 Å². The molecule has 2 rings (SSSR count). The number of hydrogen-bond donors (Lipinski definition) is 3. The zero-order chi connectivity index (χ0) is 14.4. The van der Waals surface area contributed by atoms with Crippen molar-refractivity contribution in [2.24, 2.45) is 5.92 Å². The van der Waals surface area contributed by atoms with E-state index < -0.39 is 5.97 Å². The molecule has 1 aliphatic heterocycles. The van der Waals surface area contributed by atoms with Gasteiger partial charge in [0.05, 0.1) is 6.42 Å². The molecule has 1 unspecified atom stereocenters. The summed E-state index contributed by atoms with van der Waals surface area (Å²) in [5.74, 6) is -0.425. The van der Waals surface area contributed by atoms with Crippen molar-refractivity contribution in [2.45, 2.75) is 25.7 Å². The molecule has 0 radical (unpaired) electrons. The van der Waals surface area contributed by atoms with Crippen LogP contribution in [0.3, 0.4) is 0 Å². The summed E-state index contributed by atoms with van der Waals surface area (Å²) in [7, 11) is 0. The Morgan fingerprint density at radius 2 is 2.05 bits per heavy atom. The molecule has 1 amide bonds. The maximum Gasteiger partial charge on any atom is 0.307 e. The number of carboxylic acid groups (broad SMARTS) is 1. The van der Waals surface area contributed by atoms with Crippen molar-refractivity contribution < 1.29 is 14.7 Å². The van der Waals surface area contributed by atoms with Crippen LogP contribution in [0.4, 0.5) is 5.69 Å². The Balaban J connectivity index is 1.82. The van der Waals surface area contributed by atoms with E-state index in [4.69, 9.17) is 5.11 Å². The molecule has 1 heterocycles. The average Bonchev–Trinajstić information content (AvgIpc) is 2.41. The third-order valence-corrected chi connectivity index (χ3v) is 3.47. The van der Waals surface area contributed by atoms with Crippen molar-refractivity contribution >= 4 is 17.6 Å². The molecule has 0 saturated carbocycles. The SMILES string of the molecule is O=C(O)Cc1ccc(NC(=O)CC2CCCNC2)cc1. The van der Waals surface area contributed by atoms with Crippen LogP contribution in [-0.4, -0.2) is 30.1 Å². The molecule has 108 valence electrons. The Morgan fingerprint density at radius 3 is 2.65 bits per heavy atom. The minimum absolute atomic E-state index is 0.00195. The summed E-state index contributed by atoms with van der Waals surface area (Å²) in [5, 5.41) is 14.8. The fourth-order valence-corrected chi connectivity index (χ4v) is 2.45. The third-order valence-electron chi connectivity index (χ3n) is 3.47. The lowest BCUT2D eigenvalue weighted by Gasteiger charge is -2.22. The van der Waals surface area contributed by atoms with Gasteiger partial charge in [-0.25, -0.2) is 0 Å². The van der Waals surface area contributed by atoms with Gasteiger partial charge in [0.15, 0.2) is 0 Å². The zero-order valence-electron chi connectivity index (χ0n) is 11.4. The van der Waals surface area contributed by atoms with E-state index in [0.29, 0.717) is 18.0 Å². The van der Waals surface area contributed by atoms with Crippen LogP contribution in [0, 0.1) is 5.92 Å². The number of rotatable bonds is 5. The lowest BCUT2D eigenvalue weighted by Crippen LogP contribution is -2.32. The molecule has 3 N–H and O–H groups in total. The standard InChI is InChI=1S/C15H20N2O3/c18-14(8-12-2-1-7-16-10-12)17-13-5-3-11(4-6-13)9-15(19)20/h3-6,12,16H,1-2,7-10H2,(H,17,18)(H,19,20). The molecule has 1 saturated heterocycles. The fraction of sp³-hybridized carbons (Fsp3) is 0.467. The molecule has 1 fully saturated rings. The molecule has 0 aliphatic carbocycles. The molecular weight excluding hydrogens is 256 g/mol. The number of hydrogen-bond acceptors (Lipinski definition) is 3. The monoisotopic (exact) mass is 276 g/mol. The summed E-state index contributed by atoms with van der Waals surface area (Å²) in [6, 6.07) is 6.95. The maximum atomic E-state index is 11.9. The van der Waals surface area contributed by atoms with E-state index in [0.717, 1.165) is 31.5 Å². The average molecular weight is 276 g/mol. The van der Waals surface area contributed by atoms with Crippen molar-refractivity contribution in [2.75, 3.05) is 18.4 Å². The van der Waals surface area contributed by atoms with E-state index in [9.17, 15) is 9.59 Å². The Labute approximate surface area is 118 Å². The smallest absolute Gasteiger partial charge is 0.307 e. The van der Waals surface area contributed by atoms with Gasteiger partial charge >= 0.3 is 5.97 Å². The fourth-order valence-electron chi connectivity index (χ4n) is 2.45. The van der Waals surface area contributed by atoms with Crippen LogP contribution in [0.5, 0.6) is 0 Å². The van der Waals surface area contributed by atoms with Gasteiger partial charge in [-0.2, -0.15) is 0 Å². The summed E-state index contributed by atoms with van der Waals surface area (Å²) in [6.07, 6.45) is 2.76. The van der Waals surface area contributed by atoms with Gasteiger partial charge in [0.25, 0.3) is 0 Å². The Bertz CT molecular complexity index is 465. The van der Waals surface area contributed by atoms with Crippen molar-refractivity contribution in [1.82, 2.24) is 5.32 Å². The number of nitrogens with one attached hydrogen (secondary N) is 2. The van der Waals surface area contributed by atoms with Gasteiger partial charge in [-0.05, 0) is 49.5 Å². The van der Waals surface area contributed by atoms with Gasteiger partial charge < -0.3 is 15.7 Å². The number of aliphatic carboxylic acids is 1. The first kappa shape index (κ1) is 14.5. The van der Waals surface area contributed by atoms with E-state index in [1.807, 2.05) is 0 Å². The largest absolute Gasteiger partial charge is 0.481 e. The number of anilines is 1. The van der Waals surface area contributed by atoms with Crippen LogP contribution >= 0.6 is 0 Å². The first-order valence-electron chi connectivity index (χ1n) is 6.95. The first-order chi connectivity index (χ1) is 9.63. The normalized spacial score (nSPS) is 18.5. The second kappa shape index (κ2) is 7.05. The van der Waals surface area contributed by atoms with Crippen LogP contribution < -0.4 is 10.6 Å². The van der Waals surface area contributed by atoms with Crippen LogP contribution in [0.2, 0.25) is 0 Å². The summed E-state index contributed by atoms with van der Waals surface area (Å²) < 4.78 is 0. The van der Waals surface area contributed by atoms with Crippen molar-refractivity contribution in [3.63, 3.8) is 0 Å². The van der Waals surface area contributed by atoms with Gasteiger partial charge in [0.2, 0.25) is 5.91 Å². The van der Waals surface area contributed by atoms with Crippen LogP contribution in [0.25, 0.3) is 0 Å². The van der Waals surface area contributed by atoms with Crippen molar-refractivity contribution in [3.05, 3.63) is 29.8 Å². The second-order valence-corrected chi connectivity index (χ2v) is 5.23. The van der Waals surface area contributed by atoms with Gasteiger partial charge in [0.1, 0.15) is 0 Å². The quantitative estimate of drug-likeness (QED) is 0.764. The summed E-state index contributed by atoms with van der Waals surface area (Å²) in [5.41, 5.74) is 1.44. The number of carboxylic acids is 1. The number of piperidine rings is 1.